The summed E-state index contributed by atoms with van der Waals surface area (Å²) in [6.07, 6.45) is 13.4. The number of nitrogens with zero attached hydrogens (tertiary/aromatic N) is 1. The molecule has 0 heterocycles. The van der Waals surface area contributed by atoms with Crippen molar-refractivity contribution < 1.29 is 14.3 Å². The van der Waals surface area contributed by atoms with Crippen LogP contribution in [0.5, 0.6) is 11.5 Å². The number of methoxy groups -OCH3 is 2. The van der Waals surface area contributed by atoms with Gasteiger partial charge in [0.25, 0.3) is 0 Å². The third-order valence-electron chi connectivity index (χ3n) is 8.09. The molecule has 4 heteroatoms. The molecular formula is C45H37NO3. The van der Waals surface area contributed by atoms with E-state index in [4.69, 9.17) is 9.47 Å². The van der Waals surface area contributed by atoms with E-state index in [9.17, 15) is 4.79 Å². The molecule has 4 nitrogen and oxygen atoms in total. The van der Waals surface area contributed by atoms with E-state index >= 15 is 0 Å². The molecule has 0 unspecified atom stereocenters. The maximum Gasteiger partial charge on any atom is 0.150 e. The number of carbonyl (C=O) groups is 1. The number of carbonyl (C=O) groups excluding carboxylic acids is 1. The van der Waals surface area contributed by atoms with Gasteiger partial charge in [-0.15, -0.1) is 0 Å². The summed E-state index contributed by atoms with van der Waals surface area (Å²) in [6, 6.07) is 49.2. The molecule has 0 atom stereocenters. The molecule has 0 amide bonds. The largest absolute Gasteiger partial charge is 0.497 e. The second-order valence-corrected chi connectivity index (χ2v) is 11.5. The van der Waals surface area contributed by atoms with Crippen molar-refractivity contribution in [1.82, 2.24) is 0 Å². The van der Waals surface area contributed by atoms with Gasteiger partial charge in [-0.25, -0.2) is 0 Å². The zero-order valence-electron chi connectivity index (χ0n) is 27.6. The van der Waals surface area contributed by atoms with E-state index in [1.165, 1.54) is 0 Å². The van der Waals surface area contributed by atoms with Crippen LogP contribution >= 0.6 is 0 Å². The second-order valence-electron chi connectivity index (χ2n) is 11.5. The molecular weight excluding hydrogens is 602 g/mol. The van der Waals surface area contributed by atoms with Crippen molar-refractivity contribution in [2.45, 2.75) is 0 Å². The highest BCUT2D eigenvalue weighted by molar-refractivity contribution is 5.81. The van der Waals surface area contributed by atoms with Crippen LogP contribution in [0.3, 0.4) is 0 Å². The summed E-state index contributed by atoms with van der Waals surface area (Å²) in [5, 5.41) is 0. The number of aldehydes is 1. The van der Waals surface area contributed by atoms with Gasteiger partial charge in [-0.1, -0.05) is 115 Å². The van der Waals surface area contributed by atoms with Gasteiger partial charge in [-0.05, 0) is 100 Å². The lowest BCUT2D eigenvalue weighted by atomic mass is 10.1. The number of benzene rings is 6. The predicted molar refractivity (Wildman–Crippen MR) is 206 cm³/mol. The molecule has 0 fully saturated rings. The molecule has 6 aromatic carbocycles. The third kappa shape index (κ3) is 8.70. The Morgan fingerprint density at radius 3 is 1.08 bits per heavy atom. The molecule has 6 aromatic rings. The molecule has 0 spiro atoms. The smallest absolute Gasteiger partial charge is 0.150 e. The number of hydrogen-bond donors (Lipinski definition) is 0. The Kier molecular flexibility index (Phi) is 10.6. The minimum atomic E-state index is 0.664. The first-order valence-corrected chi connectivity index (χ1v) is 16.1. The third-order valence-corrected chi connectivity index (χ3v) is 8.09. The van der Waals surface area contributed by atoms with Crippen molar-refractivity contribution in [3.8, 4) is 11.5 Å². The average Bonchev–Trinajstić information content (AvgIpc) is 3.17. The highest BCUT2D eigenvalue weighted by Gasteiger charge is 2.12. The first-order chi connectivity index (χ1) is 24.1. The van der Waals surface area contributed by atoms with Gasteiger partial charge in [0.1, 0.15) is 17.8 Å². The average molecular weight is 640 g/mol. The maximum atomic E-state index is 11.2. The molecule has 0 aliphatic rings. The minimum Gasteiger partial charge on any atom is -0.497 e. The van der Waals surface area contributed by atoms with Crippen molar-refractivity contribution >= 4 is 59.8 Å². The van der Waals surface area contributed by atoms with Crippen molar-refractivity contribution in [2.75, 3.05) is 19.1 Å². The van der Waals surface area contributed by atoms with Crippen molar-refractivity contribution in [1.29, 1.82) is 0 Å². The Balaban J connectivity index is 1.27. The fourth-order valence-corrected chi connectivity index (χ4v) is 5.45. The Morgan fingerprint density at radius 2 is 0.714 bits per heavy atom. The van der Waals surface area contributed by atoms with Crippen LogP contribution in [-0.2, 0) is 0 Å². The van der Waals surface area contributed by atoms with Gasteiger partial charge in [-0.2, -0.15) is 0 Å². The van der Waals surface area contributed by atoms with E-state index < -0.39 is 0 Å². The van der Waals surface area contributed by atoms with E-state index in [2.05, 4.69) is 120 Å². The molecule has 0 radical (unpaired) electrons. The van der Waals surface area contributed by atoms with Crippen molar-refractivity contribution in [3.05, 3.63) is 185 Å². The van der Waals surface area contributed by atoms with Crippen LogP contribution in [0.1, 0.15) is 43.7 Å². The molecule has 0 saturated carbocycles. The first-order valence-electron chi connectivity index (χ1n) is 16.1. The van der Waals surface area contributed by atoms with Gasteiger partial charge in [0.05, 0.1) is 14.2 Å². The second kappa shape index (κ2) is 15.9. The van der Waals surface area contributed by atoms with Gasteiger partial charge < -0.3 is 14.4 Å². The summed E-state index contributed by atoms with van der Waals surface area (Å²) >= 11 is 0. The lowest BCUT2D eigenvalue weighted by Gasteiger charge is -2.26. The Hall–Kier alpha value is -6.39. The molecule has 0 bridgehead atoms. The SMILES string of the molecule is COc1cccc(/C=C/c2ccc(N(c3ccc(/C=C/c4cccc(C=O)c4)cc3)c3ccc(/C=C/c4cccc(OC)c4)cc3)cc2)c1. The fourth-order valence-electron chi connectivity index (χ4n) is 5.45. The molecule has 240 valence electrons. The summed E-state index contributed by atoms with van der Waals surface area (Å²) in [7, 11) is 3.36. The summed E-state index contributed by atoms with van der Waals surface area (Å²) in [4.78, 5) is 13.4. The van der Waals surface area contributed by atoms with Crippen molar-refractivity contribution in [3.63, 3.8) is 0 Å². The van der Waals surface area contributed by atoms with Crippen LogP contribution in [0.25, 0.3) is 36.5 Å². The monoisotopic (exact) mass is 639 g/mol. The Morgan fingerprint density at radius 1 is 0.388 bits per heavy atom. The minimum absolute atomic E-state index is 0.664. The van der Waals surface area contributed by atoms with Crippen LogP contribution in [0.4, 0.5) is 17.1 Å². The quantitative estimate of drug-likeness (QED) is 0.0986. The van der Waals surface area contributed by atoms with Crippen LogP contribution < -0.4 is 14.4 Å². The molecule has 0 aromatic heterocycles. The van der Waals surface area contributed by atoms with E-state index in [-0.39, 0.29) is 0 Å². The number of rotatable bonds is 12. The zero-order valence-corrected chi connectivity index (χ0v) is 27.6. The zero-order chi connectivity index (χ0) is 33.8. The van der Waals surface area contributed by atoms with Gasteiger partial charge >= 0.3 is 0 Å². The summed E-state index contributed by atoms with van der Waals surface area (Å²) in [6.45, 7) is 0. The van der Waals surface area contributed by atoms with E-state index in [0.717, 1.165) is 68.2 Å². The molecule has 0 aliphatic carbocycles. The number of ether oxygens (including phenoxy) is 2. The van der Waals surface area contributed by atoms with Crippen LogP contribution in [0, 0.1) is 0 Å². The Labute approximate surface area is 288 Å². The standard InChI is InChI=1S/C45H37NO3/c1-48-44-10-4-7-38(31-44)16-13-35-20-26-42(27-21-35)46(41-24-18-34(19-25-41)12-15-37-6-3-9-40(30-37)33-47)43-28-22-36(23-29-43)14-17-39-8-5-11-45(32-39)49-2/h3-33H,1-2H3/b15-12+,16-13+,17-14+. The van der Waals surface area contributed by atoms with Crippen LogP contribution in [0.15, 0.2) is 146 Å². The molecule has 6 rings (SSSR count). The predicted octanol–water partition coefficient (Wildman–Crippen LogP) is 11.5. The normalized spacial score (nSPS) is 11.3. The van der Waals surface area contributed by atoms with Gasteiger partial charge in [0.15, 0.2) is 0 Å². The number of hydrogen-bond acceptors (Lipinski definition) is 4. The maximum absolute atomic E-state index is 11.2. The van der Waals surface area contributed by atoms with Gasteiger partial charge in [0.2, 0.25) is 0 Å². The van der Waals surface area contributed by atoms with Crippen LogP contribution in [0.2, 0.25) is 0 Å². The lowest BCUT2D eigenvalue weighted by Crippen LogP contribution is -2.09. The van der Waals surface area contributed by atoms with Crippen molar-refractivity contribution in [2.24, 2.45) is 0 Å². The first kappa shape index (κ1) is 32.5. The van der Waals surface area contributed by atoms with E-state index in [1.54, 1.807) is 20.3 Å². The number of anilines is 3. The molecule has 0 saturated heterocycles. The van der Waals surface area contributed by atoms with E-state index in [0.29, 0.717) is 5.56 Å². The molecule has 0 aliphatic heterocycles. The summed E-state index contributed by atoms with van der Waals surface area (Å²) in [5.74, 6) is 1.67. The van der Waals surface area contributed by atoms with Gasteiger partial charge in [0, 0.05) is 22.6 Å². The molecule has 0 N–H and O–H groups in total. The topological polar surface area (TPSA) is 38.8 Å². The van der Waals surface area contributed by atoms with E-state index in [1.807, 2.05) is 60.7 Å². The summed E-state index contributed by atoms with van der Waals surface area (Å²) in [5.41, 5.74) is 10.2. The van der Waals surface area contributed by atoms with Gasteiger partial charge in [-0.3, -0.25) is 4.79 Å². The highest BCUT2D eigenvalue weighted by atomic mass is 16.5. The summed E-state index contributed by atoms with van der Waals surface area (Å²) < 4.78 is 10.7. The Bertz CT molecular complexity index is 1990. The fraction of sp³-hybridized carbons (Fsp3) is 0.0444. The lowest BCUT2D eigenvalue weighted by molar-refractivity contribution is 0.112. The molecule has 49 heavy (non-hydrogen) atoms. The van der Waals surface area contributed by atoms with Crippen LogP contribution in [-0.4, -0.2) is 20.5 Å². The highest BCUT2D eigenvalue weighted by Crippen LogP contribution is 2.35.